The van der Waals surface area contributed by atoms with Crippen molar-refractivity contribution < 1.29 is 9.59 Å². The van der Waals surface area contributed by atoms with E-state index in [-0.39, 0.29) is 12.5 Å². The van der Waals surface area contributed by atoms with Crippen molar-refractivity contribution >= 4 is 34.3 Å². The van der Waals surface area contributed by atoms with Gasteiger partial charge in [-0.05, 0) is 48.4 Å². The number of para-hydroxylation sites is 2. The number of nitrogens with one attached hydrogen (secondary N) is 2. The zero-order chi connectivity index (χ0) is 22.0. The number of aromatic nitrogens is 2. The molecule has 4 aromatic rings. The van der Waals surface area contributed by atoms with Crippen LogP contribution in [0.4, 0.5) is 5.82 Å². The normalized spacial score (nSPS) is 10.7. The first-order chi connectivity index (χ1) is 15.0. The fraction of sp³-hybridized carbons (Fsp3) is 0.130. The molecule has 2 amide bonds. The molecule has 0 aliphatic carbocycles. The second kappa shape index (κ2) is 8.16. The Hall–Kier alpha value is -4.38. The van der Waals surface area contributed by atoms with Gasteiger partial charge in [0.25, 0.3) is 5.91 Å². The Balaban J connectivity index is 1.60. The van der Waals surface area contributed by atoms with Gasteiger partial charge in [0, 0.05) is 12.1 Å². The number of pyridine rings is 1. The van der Waals surface area contributed by atoms with Crippen molar-refractivity contribution in [1.29, 1.82) is 5.26 Å². The number of fused-ring (bicyclic) bond motifs is 3. The van der Waals surface area contributed by atoms with Crippen molar-refractivity contribution in [3.05, 3.63) is 76.9 Å². The van der Waals surface area contributed by atoms with E-state index in [1.165, 1.54) is 0 Å². The van der Waals surface area contributed by atoms with E-state index in [9.17, 15) is 14.9 Å². The summed E-state index contributed by atoms with van der Waals surface area (Å²) in [4.78, 5) is 27.5. The summed E-state index contributed by atoms with van der Waals surface area (Å²) in [6, 6.07) is 19.0. The van der Waals surface area contributed by atoms with Crippen molar-refractivity contribution in [3.63, 3.8) is 0 Å². The van der Waals surface area contributed by atoms with E-state index in [0.717, 1.165) is 28.0 Å². The van der Waals surface area contributed by atoms with Gasteiger partial charge in [-0.2, -0.15) is 5.26 Å². The van der Waals surface area contributed by atoms with Crippen LogP contribution in [0.25, 0.3) is 16.7 Å². The maximum absolute atomic E-state index is 12.0. The molecule has 4 rings (SSSR count). The zero-order valence-corrected chi connectivity index (χ0v) is 16.8. The third kappa shape index (κ3) is 3.89. The van der Waals surface area contributed by atoms with Gasteiger partial charge in [-0.15, -0.1) is 0 Å². The Morgan fingerprint density at radius 2 is 1.90 bits per heavy atom. The summed E-state index contributed by atoms with van der Waals surface area (Å²) in [7, 11) is 0. The minimum atomic E-state index is -0.592. The molecule has 0 saturated heterocycles. The van der Waals surface area contributed by atoms with Crippen LogP contribution >= 0.6 is 0 Å². The van der Waals surface area contributed by atoms with Crippen LogP contribution in [0.5, 0.6) is 0 Å². The SMILES string of the molecule is Cc1cc(NCc2ccc(C(=O)NCC(N)=O)cc2)n2c(nc3ccccc32)c1C#N. The van der Waals surface area contributed by atoms with E-state index >= 15 is 0 Å². The number of imidazole rings is 1. The Morgan fingerprint density at radius 3 is 2.61 bits per heavy atom. The number of hydrogen-bond acceptors (Lipinski definition) is 5. The molecule has 0 bridgehead atoms. The molecule has 0 aliphatic rings. The molecule has 0 radical (unpaired) electrons. The lowest BCUT2D eigenvalue weighted by Crippen LogP contribution is -2.33. The van der Waals surface area contributed by atoms with E-state index in [4.69, 9.17) is 5.73 Å². The lowest BCUT2D eigenvalue weighted by Gasteiger charge is -2.13. The molecule has 0 aliphatic heterocycles. The number of benzene rings is 2. The quantitative estimate of drug-likeness (QED) is 0.449. The highest BCUT2D eigenvalue weighted by atomic mass is 16.2. The number of rotatable bonds is 6. The highest BCUT2D eigenvalue weighted by molar-refractivity contribution is 5.96. The van der Waals surface area contributed by atoms with Crippen molar-refractivity contribution in [2.75, 3.05) is 11.9 Å². The third-order valence-corrected chi connectivity index (χ3v) is 5.00. The molecule has 0 atom stereocenters. The van der Waals surface area contributed by atoms with Crippen LogP contribution in [0, 0.1) is 18.3 Å². The van der Waals surface area contributed by atoms with Gasteiger partial charge in [-0.3, -0.25) is 14.0 Å². The predicted octanol–water partition coefficient (Wildman–Crippen LogP) is 2.49. The van der Waals surface area contributed by atoms with Gasteiger partial charge in [0.2, 0.25) is 5.91 Å². The van der Waals surface area contributed by atoms with Crippen molar-refractivity contribution in [2.24, 2.45) is 5.73 Å². The molecule has 2 aromatic heterocycles. The average molecular weight is 412 g/mol. The number of amides is 2. The van der Waals surface area contributed by atoms with E-state index in [2.05, 4.69) is 21.7 Å². The summed E-state index contributed by atoms with van der Waals surface area (Å²) < 4.78 is 1.95. The topological polar surface area (TPSA) is 125 Å². The number of nitrogens with two attached hydrogens (primary N) is 1. The largest absolute Gasteiger partial charge is 0.368 e. The monoisotopic (exact) mass is 412 g/mol. The Labute approximate surface area is 178 Å². The van der Waals surface area contributed by atoms with E-state index in [1.807, 2.05) is 53.8 Å². The Bertz CT molecular complexity index is 1350. The number of primary amides is 1. The fourth-order valence-corrected chi connectivity index (χ4v) is 3.46. The molecular formula is C23H20N6O2. The van der Waals surface area contributed by atoms with Gasteiger partial charge in [0.05, 0.1) is 23.1 Å². The summed E-state index contributed by atoms with van der Waals surface area (Å²) in [5.41, 5.74) is 10.2. The molecule has 31 heavy (non-hydrogen) atoms. The van der Waals surface area contributed by atoms with Gasteiger partial charge < -0.3 is 16.4 Å². The second-order valence-corrected chi connectivity index (χ2v) is 7.16. The molecule has 0 fully saturated rings. The summed E-state index contributed by atoms with van der Waals surface area (Å²) in [5.74, 6) is -0.124. The average Bonchev–Trinajstić information content (AvgIpc) is 3.15. The molecule has 8 heteroatoms. The number of hydrogen-bond donors (Lipinski definition) is 3. The first-order valence-corrected chi connectivity index (χ1v) is 9.68. The summed E-state index contributed by atoms with van der Waals surface area (Å²) in [6.07, 6.45) is 0. The first kappa shape index (κ1) is 19.9. The van der Waals surface area contributed by atoms with Crippen LogP contribution in [0.1, 0.15) is 27.0 Å². The molecule has 0 spiro atoms. The van der Waals surface area contributed by atoms with Crippen LogP contribution in [-0.2, 0) is 11.3 Å². The highest BCUT2D eigenvalue weighted by Crippen LogP contribution is 2.26. The van der Waals surface area contributed by atoms with E-state index in [1.54, 1.807) is 12.1 Å². The summed E-state index contributed by atoms with van der Waals surface area (Å²) >= 11 is 0. The van der Waals surface area contributed by atoms with Crippen molar-refractivity contribution in [2.45, 2.75) is 13.5 Å². The van der Waals surface area contributed by atoms with Crippen LogP contribution in [0.15, 0.2) is 54.6 Å². The number of carbonyl (C=O) groups is 2. The Morgan fingerprint density at radius 1 is 1.16 bits per heavy atom. The van der Waals surface area contributed by atoms with Gasteiger partial charge in [-0.1, -0.05) is 24.3 Å². The van der Waals surface area contributed by atoms with Crippen molar-refractivity contribution in [1.82, 2.24) is 14.7 Å². The van der Waals surface area contributed by atoms with E-state index in [0.29, 0.717) is 23.3 Å². The molecule has 0 unspecified atom stereocenters. The number of anilines is 1. The summed E-state index contributed by atoms with van der Waals surface area (Å²) in [5, 5.41) is 15.5. The fourth-order valence-electron chi connectivity index (χ4n) is 3.46. The first-order valence-electron chi connectivity index (χ1n) is 9.68. The maximum atomic E-state index is 12.0. The molecule has 4 N–H and O–H groups in total. The third-order valence-electron chi connectivity index (χ3n) is 5.00. The number of nitriles is 1. The molecule has 8 nitrogen and oxygen atoms in total. The number of carbonyl (C=O) groups excluding carboxylic acids is 2. The molecule has 2 aromatic carbocycles. The van der Waals surface area contributed by atoms with Gasteiger partial charge in [0.15, 0.2) is 5.65 Å². The summed E-state index contributed by atoms with van der Waals surface area (Å²) in [6.45, 7) is 2.20. The van der Waals surface area contributed by atoms with E-state index < -0.39 is 5.91 Å². The number of aryl methyl sites for hydroxylation is 1. The standard InChI is InChI=1S/C23H20N6O2/c1-14-10-21(29-19-5-3-2-4-18(19)28-22(29)17(14)11-24)26-12-15-6-8-16(9-7-15)23(31)27-13-20(25)30/h2-10,26H,12-13H2,1H3,(H2,25,30)(H,27,31). The van der Waals surface area contributed by atoms with Crippen LogP contribution in [0.3, 0.4) is 0 Å². The minimum Gasteiger partial charge on any atom is -0.368 e. The maximum Gasteiger partial charge on any atom is 0.251 e. The van der Waals surface area contributed by atoms with Gasteiger partial charge in [-0.25, -0.2) is 4.98 Å². The highest BCUT2D eigenvalue weighted by Gasteiger charge is 2.15. The number of nitrogens with zero attached hydrogens (tertiary/aromatic N) is 3. The molecular weight excluding hydrogens is 392 g/mol. The lowest BCUT2D eigenvalue weighted by atomic mass is 10.1. The predicted molar refractivity (Wildman–Crippen MR) is 117 cm³/mol. The lowest BCUT2D eigenvalue weighted by molar-refractivity contribution is -0.117. The van der Waals surface area contributed by atoms with Crippen LogP contribution in [-0.4, -0.2) is 27.7 Å². The molecule has 154 valence electrons. The molecule has 2 heterocycles. The minimum absolute atomic E-state index is 0.199. The smallest absolute Gasteiger partial charge is 0.251 e. The van der Waals surface area contributed by atoms with Crippen LogP contribution in [0.2, 0.25) is 0 Å². The molecule has 0 saturated carbocycles. The second-order valence-electron chi connectivity index (χ2n) is 7.16. The van der Waals surface area contributed by atoms with Crippen molar-refractivity contribution in [3.8, 4) is 6.07 Å². The Kier molecular flexibility index (Phi) is 5.24. The van der Waals surface area contributed by atoms with Gasteiger partial charge in [0.1, 0.15) is 11.9 Å². The van der Waals surface area contributed by atoms with Crippen LogP contribution < -0.4 is 16.4 Å². The van der Waals surface area contributed by atoms with Gasteiger partial charge >= 0.3 is 0 Å². The zero-order valence-electron chi connectivity index (χ0n) is 16.8.